The highest BCUT2D eigenvalue weighted by Gasteiger charge is 2.92. The number of halogens is 26. The van der Waals surface area contributed by atoms with Gasteiger partial charge in [-0.25, -0.2) is 0 Å². The molecular weight excluding hydrogens is 886 g/mol. The maximum absolute atomic E-state index is 14.0. The van der Waals surface area contributed by atoms with Gasteiger partial charge in [0.15, 0.2) is 0 Å². The fourth-order valence-electron chi connectivity index (χ4n) is 3.63. The lowest BCUT2D eigenvalue weighted by Gasteiger charge is -2.39. The number of carbonyl (C=O) groups excluding carboxylic acids is 2. The smallest absolute Gasteiger partial charge is 0.460 e. The lowest BCUT2D eigenvalue weighted by molar-refractivity contribution is -0.869. The van der Waals surface area contributed by atoms with Crippen LogP contribution in [0.2, 0.25) is 0 Å². The van der Waals surface area contributed by atoms with E-state index >= 15 is 0 Å². The molecule has 0 aliphatic heterocycles. The van der Waals surface area contributed by atoms with Gasteiger partial charge in [0.2, 0.25) is 0 Å². The molecule has 0 heterocycles. The van der Waals surface area contributed by atoms with Crippen molar-refractivity contribution in [2.45, 2.75) is 96.9 Å². The lowest BCUT2D eigenvalue weighted by atomic mass is 9.93. The molecule has 32 heteroatoms. The minimum atomic E-state index is -8.27. The summed E-state index contributed by atoms with van der Waals surface area (Å²) in [7, 11) is 4.24. The Bertz CT molecular complexity index is 1390. The molecule has 1 N–H and O–H groups in total. The molecule has 57 heavy (non-hydrogen) atoms. The van der Waals surface area contributed by atoms with E-state index in [9.17, 15) is 124 Å². The second-order valence-corrected chi connectivity index (χ2v) is 12.6. The van der Waals surface area contributed by atoms with Crippen molar-refractivity contribution >= 4 is 11.9 Å². The first-order chi connectivity index (χ1) is 24.6. The number of ether oxygens (including phenoxy) is 2. The lowest BCUT2D eigenvalue weighted by Crippen LogP contribution is -2.70. The molecule has 0 aliphatic carbocycles. The van der Waals surface area contributed by atoms with Gasteiger partial charge in [0.05, 0.1) is 60.2 Å². The third-order valence-electron chi connectivity index (χ3n) is 7.16. The summed E-state index contributed by atoms with van der Waals surface area (Å²) in [6.07, 6.45) is -23.3. The van der Waals surface area contributed by atoms with Crippen molar-refractivity contribution in [2.24, 2.45) is 0 Å². The maximum atomic E-state index is 14.0. The van der Waals surface area contributed by atoms with E-state index in [0.29, 0.717) is 0 Å². The molecular formula is C25H25F26N2O4+. The molecule has 0 aromatic rings. The zero-order valence-electron chi connectivity index (χ0n) is 27.9. The Kier molecular flexibility index (Phi) is 15.4. The summed E-state index contributed by atoms with van der Waals surface area (Å²) in [6.45, 7) is -5.42. The fraction of sp³-hybridized carbons (Fsp3) is 0.920. The monoisotopic (exact) mass is 911 g/mol. The molecule has 0 radical (unpaired) electrons. The Morgan fingerprint density at radius 2 is 0.772 bits per heavy atom. The quantitative estimate of drug-likeness (QED) is 0.0713. The number of nitrogens with one attached hydrogen (secondary N) is 1. The molecule has 6 nitrogen and oxygen atoms in total. The van der Waals surface area contributed by atoms with Crippen molar-refractivity contribution in [2.75, 3.05) is 47.4 Å². The third-order valence-corrected chi connectivity index (χ3v) is 7.16. The summed E-state index contributed by atoms with van der Waals surface area (Å²) in [6, 6.07) is -2.44. The summed E-state index contributed by atoms with van der Waals surface area (Å²) >= 11 is 0. The summed E-state index contributed by atoms with van der Waals surface area (Å²) in [4.78, 5) is 24.4. The molecule has 0 aromatic heterocycles. The van der Waals surface area contributed by atoms with E-state index in [1.54, 1.807) is 0 Å². The zero-order valence-corrected chi connectivity index (χ0v) is 27.9. The summed E-state index contributed by atoms with van der Waals surface area (Å²) in [5.74, 6) is -82.5. The highest BCUT2D eigenvalue weighted by Crippen LogP contribution is 2.62. The zero-order chi connectivity index (χ0) is 46.3. The van der Waals surface area contributed by atoms with Crippen LogP contribution in [0.1, 0.15) is 19.3 Å². The first-order valence-electron chi connectivity index (χ1n) is 14.4. The summed E-state index contributed by atoms with van der Waals surface area (Å²) in [5, 5.41) is 2.00. The number of rotatable bonds is 21. The standard InChI is InChI=1S/C25H25F26N2O4/c1-53(2,3)7-6-52-11(13(55)57-9-5-15(28,29)17(32,33)19(36,37)21(40,41)23(44,45)25(49,50)51)10-12(54)56-8-4-14(26,27)16(30,31)18(34,35)20(38,39)22(42,43)24(46,47)48/h11,52H,4-10H2,1-3H3/q+1. The van der Waals surface area contributed by atoms with Crippen LogP contribution < -0.4 is 5.32 Å². The molecule has 0 fully saturated rings. The van der Waals surface area contributed by atoms with Gasteiger partial charge in [0, 0.05) is 6.54 Å². The SMILES string of the molecule is C[N+](C)(C)CCNC(CC(=O)OCCC(F)(F)C(F)(F)C(F)(F)C(F)(F)C(F)(F)C(F)(F)F)C(=O)OCCC(F)(F)C(F)(F)C(F)(F)C(F)(F)C(F)(F)C(F)(F)F. The van der Waals surface area contributed by atoms with E-state index in [1.807, 2.05) is 5.32 Å². The Labute approximate surface area is 300 Å². The van der Waals surface area contributed by atoms with Gasteiger partial charge in [-0.15, -0.1) is 0 Å². The van der Waals surface area contributed by atoms with Crippen LogP contribution in [0.15, 0.2) is 0 Å². The van der Waals surface area contributed by atoms with Gasteiger partial charge in [-0.1, -0.05) is 0 Å². The van der Waals surface area contributed by atoms with E-state index in [0.717, 1.165) is 0 Å². The first-order valence-corrected chi connectivity index (χ1v) is 14.4. The molecule has 0 amide bonds. The molecule has 0 aromatic carbocycles. The van der Waals surface area contributed by atoms with Crippen LogP contribution >= 0.6 is 0 Å². The summed E-state index contributed by atoms with van der Waals surface area (Å²) < 4.78 is 352. The van der Waals surface area contributed by atoms with E-state index in [2.05, 4.69) is 9.47 Å². The number of esters is 2. The van der Waals surface area contributed by atoms with Gasteiger partial charge in [0.25, 0.3) is 0 Å². The number of hydrogen-bond donors (Lipinski definition) is 1. The van der Waals surface area contributed by atoms with E-state index in [-0.39, 0.29) is 11.0 Å². The second-order valence-electron chi connectivity index (χ2n) is 12.6. The van der Waals surface area contributed by atoms with Crippen LogP contribution in [0.5, 0.6) is 0 Å². The number of nitrogens with zero attached hydrogens (tertiary/aromatic N) is 1. The van der Waals surface area contributed by atoms with Crippen molar-refractivity contribution in [1.29, 1.82) is 0 Å². The van der Waals surface area contributed by atoms with Gasteiger partial charge >= 0.3 is 83.5 Å². The van der Waals surface area contributed by atoms with E-state index in [1.165, 1.54) is 21.1 Å². The second kappa shape index (κ2) is 16.2. The average Bonchev–Trinajstić information content (AvgIpc) is 2.97. The Balaban J connectivity index is 6.06. The van der Waals surface area contributed by atoms with Gasteiger partial charge in [-0.05, 0) is 0 Å². The van der Waals surface area contributed by atoms with Crippen LogP contribution in [-0.2, 0) is 19.1 Å². The van der Waals surface area contributed by atoms with Crippen molar-refractivity contribution in [1.82, 2.24) is 5.32 Å². The van der Waals surface area contributed by atoms with Gasteiger partial charge in [-0.2, -0.15) is 114 Å². The minimum Gasteiger partial charge on any atom is -0.465 e. The van der Waals surface area contributed by atoms with Crippen molar-refractivity contribution in [3.63, 3.8) is 0 Å². The predicted molar refractivity (Wildman–Crippen MR) is 132 cm³/mol. The van der Waals surface area contributed by atoms with Gasteiger partial charge < -0.3 is 14.0 Å². The normalized spacial score (nSPS) is 16.1. The third kappa shape index (κ3) is 10.3. The minimum absolute atomic E-state index is 0.0748. The number of likely N-dealkylation sites (N-methyl/N-ethyl adjacent to an activating group) is 1. The molecule has 1 atom stereocenters. The largest absolute Gasteiger partial charge is 0.465 e. The molecule has 0 saturated carbocycles. The first kappa shape index (κ1) is 54.0. The Hall–Kier alpha value is -2.96. The number of hydrogen-bond acceptors (Lipinski definition) is 5. The van der Waals surface area contributed by atoms with Crippen molar-refractivity contribution in [3.05, 3.63) is 0 Å². The molecule has 0 bridgehead atoms. The Morgan fingerprint density at radius 1 is 0.474 bits per heavy atom. The van der Waals surface area contributed by atoms with Crippen LogP contribution in [-0.4, -0.2) is 141 Å². The van der Waals surface area contributed by atoms with Crippen molar-refractivity contribution < 1.29 is 138 Å². The molecule has 340 valence electrons. The Morgan fingerprint density at radius 3 is 1.07 bits per heavy atom. The summed E-state index contributed by atoms with van der Waals surface area (Å²) in [5.41, 5.74) is 0. The van der Waals surface area contributed by atoms with Crippen LogP contribution in [0, 0.1) is 0 Å². The van der Waals surface area contributed by atoms with E-state index < -0.39 is 129 Å². The molecule has 0 saturated heterocycles. The fourth-order valence-corrected chi connectivity index (χ4v) is 3.63. The molecule has 0 aliphatic rings. The van der Waals surface area contributed by atoms with E-state index in [4.69, 9.17) is 0 Å². The molecule has 0 rings (SSSR count). The topological polar surface area (TPSA) is 64.6 Å². The van der Waals surface area contributed by atoms with Crippen LogP contribution in [0.25, 0.3) is 0 Å². The van der Waals surface area contributed by atoms with Crippen LogP contribution in [0.4, 0.5) is 114 Å². The van der Waals surface area contributed by atoms with Gasteiger partial charge in [0.1, 0.15) is 6.04 Å². The maximum Gasteiger partial charge on any atom is 0.460 e. The average molecular weight is 911 g/mol. The molecule has 1 unspecified atom stereocenters. The molecule has 0 spiro atoms. The number of alkyl halides is 26. The predicted octanol–water partition coefficient (Wildman–Crippen LogP) is 8.39. The van der Waals surface area contributed by atoms with Crippen LogP contribution in [0.3, 0.4) is 0 Å². The highest BCUT2D eigenvalue weighted by atomic mass is 19.4. The van der Waals surface area contributed by atoms with Crippen molar-refractivity contribution in [3.8, 4) is 0 Å². The number of carbonyl (C=O) groups is 2. The van der Waals surface area contributed by atoms with Gasteiger partial charge in [-0.3, -0.25) is 14.9 Å². The highest BCUT2D eigenvalue weighted by molar-refractivity contribution is 5.82. The number of quaternary nitrogens is 1.